The molecular formula is C21H23FN6O3. The lowest BCUT2D eigenvalue weighted by Gasteiger charge is -2.11. The average Bonchev–Trinajstić information content (AvgIpc) is 3.28. The average molecular weight is 426 g/mol. The van der Waals surface area contributed by atoms with Crippen LogP contribution in [0, 0.1) is 19.7 Å². The molecule has 0 radical (unpaired) electrons. The molecule has 0 amide bonds. The highest BCUT2D eigenvalue weighted by Crippen LogP contribution is 2.17. The number of methoxy groups -OCH3 is 1. The molecule has 0 saturated carbocycles. The minimum Gasteiger partial charge on any atom is -0.383 e. The number of hydrogen-bond donors (Lipinski definition) is 0. The molecule has 0 atom stereocenters. The van der Waals surface area contributed by atoms with Crippen molar-refractivity contribution < 1.29 is 9.13 Å². The maximum absolute atomic E-state index is 13.4. The Morgan fingerprint density at radius 2 is 1.81 bits per heavy atom. The first-order valence-corrected chi connectivity index (χ1v) is 9.79. The molecule has 0 unspecified atom stereocenters. The zero-order valence-electron chi connectivity index (χ0n) is 17.8. The molecule has 4 rings (SSSR count). The lowest BCUT2D eigenvalue weighted by molar-refractivity contribution is 0.188. The number of halogens is 1. The van der Waals surface area contributed by atoms with Gasteiger partial charge >= 0.3 is 5.69 Å². The molecule has 9 nitrogen and oxygen atoms in total. The number of nitrogens with zero attached hydrogens (tertiary/aromatic N) is 6. The van der Waals surface area contributed by atoms with E-state index >= 15 is 0 Å². The Morgan fingerprint density at radius 1 is 1.10 bits per heavy atom. The van der Waals surface area contributed by atoms with E-state index < -0.39 is 11.2 Å². The maximum atomic E-state index is 13.4. The Labute approximate surface area is 176 Å². The van der Waals surface area contributed by atoms with Crippen LogP contribution in [0.2, 0.25) is 0 Å². The van der Waals surface area contributed by atoms with Crippen molar-refractivity contribution in [2.45, 2.75) is 26.9 Å². The van der Waals surface area contributed by atoms with Gasteiger partial charge in [0.15, 0.2) is 11.2 Å². The van der Waals surface area contributed by atoms with Crippen molar-refractivity contribution in [3.8, 4) is 5.95 Å². The van der Waals surface area contributed by atoms with E-state index in [1.807, 2.05) is 19.9 Å². The molecule has 1 aromatic carbocycles. The van der Waals surface area contributed by atoms with Gasteiger partial charge in [-0.05, 0) is 37.6 Å². The number of benzene rings is 1. The molecule has 0 fully saturated rings. The molecule has 0 aliphatic heterocycles. The van der Waals surface area contributed by atoms with Crippen LogP contribution in [-0.4, -0.2) is 42.2 Å². The number of aromatic nitrogens is 6. The van der Waals surface area contributed by atoms with Gasteiger partial charge < -0.3 is 9.30 Å². The van der Waals surface area contributed by atoms with Crippen LogP contribution in [0.1, 0.15) is 17.0 Å². The van der Waals surface area contributed by atoms with Crippen molar-refractivity contribution >= 4 is 11.2 Å². The van der Waals surface area contributed by atoms with Crippen LogP contribution in [0.5, 0.6) is 0 Å². The van der Waals surface area contributed by atoms with E-state index in [0.717, 1.165) is 16.0 Å². The number of rotatable bonds is 6. The van der Waals surface area contributed by atoms with Crippen LogP contribution in [0.15, 0.2) is 39.9 Å². The van der Waals surface area contributed by atoms with E-state index in [-0.39, 0.29) is 23.5 Å². The smallest absolute Gasteiger partial charge is 0.332 e. The van der Waals surface area contributed by atoms with Gasteiger partial charge in [-0.25, -0.2) is 13.9 Å². The van der Waals surface area contributed by atoms with Crippen LogP contribution in [0.3, 0.4) is 0 Å². The first kappa shape index (κ1) is 20.7. The van der Waals surface area contributed by atoms with Gasteiger partial charge in [-0.1, -0.05) is 12.1 Å². The zero-order chi connectivity index (χ0) is 22.3. The highest BCUT2D eigenvalue weighted by atomic mass is 19.1. The van der Waals surface area contributed by atoms with Crippen molar-refractivity contribution in [3.63, 3.8) is 0 Å². The molecule has 162 valence electrons. The summed E-state index contributed by atoms with van der Waals surface area (Å²) < 4.78 is 24.3. The Balaban J connectivity index is 1.98. The summed E-state index contributed by atoms with van der Waals surface area (Å²) in [6.45, 7) is 4.48. The summed E-state index contributed by atoms with van der Waals surface area (Å²) in [5.41, 5.74) is 1.88. The molecule has 31 heavy (non-hydrogen) atoms. The first-order chi connectivity index (χ1) is 14.8. The largest absolute Gasteiger partial charge is 0.383 e. The zero-order valence-corrected chi connectivity index (χ0v) is 17.8. The Bertz CT molecular complexity index is 1380. The normalized spacial score (nSPS) is 11.5. The van der Waals surface area contributed by atoms with Crippen molar-refractivity contribution in [1.29, 1.82) is 0 Å². The molecule has 0 bridgehead atoms. The quantitative estimate of drug-likeness (QED) is 0.467. The van der Waals surface area contributed by atoms with Crippen molar-refractivity contribution in [2.75, 3.05) is 13.7 Å². The van der Waals surface area contributed by atoms with E-state index in [1.54, 1.807) is 35.5 Å². The molecule has 0 spiro atoms. The molecule has 4 aromatic rings. The maximum Gasteiger partial charge on any atom is 0.332 e. The van der Waals surface area contributed by atoms with E-state index in [4.69, 9.17) is 4.74 Å². The second-order valence-electron chi connectivity index (χ2n) is 7.43. The number of imidazole rings is 1. The molecule has 10 heteroatoms. The van der Waals surface area contributed by atoms with Crippen LogP contribution in [0.4, 0.5) is 4.39 Å². The van der Waals surface area contributed by atoms with Gasteiger partial charge in [-0.3, -0.25) is 13.9 Å². The second kappa shape index (κ2) is 7.95. The van der Waals surface area contributed by atoms with Crippen LogP contribution in [-0.2, 0) is 24.9 Å². The third kappa shape index (κ3) is 3.59. The predicted molar refractivity (Wildman–Crippen MR) is 113 cm³/mol. The van der Waals surface area contributed by atoms with Gasteiger partial charge in [-0.15, -0.1) is 0 Å². The molecule has 0 N–H and O–H groups in total. The number of ether oxygens (including phenoxy) is 1. The number of aryl methyl sites for hydroxylation is 3. The van der Waals surface area contributed by atoms with Crippen molar-refractivity contribution in [1.82, 2.24) is 28.5 Å². The lowest BCUT2D eigenvalue weighted by Crippen LogP contribution is -2.40. The van der Waals surface area contributed by atoms with E-state index in [0.29, 0.717) is 24.7 Å². The van der Waals surface area contributed by atoms with Gasteiger partial charge in [-0.2, -0.15) is 10.1 Å². The van der Waals surface area contributed by atoms with Crippen molar-refractivity contribution in [2.24, 2.45) is 7.05 Å². The van der Waals surface area contributed by atoms with Gasteiger partial charge in [0.2, 0.25) is 5.95 Å². The van der Waals surface area contributed by atoms with Crippen LogP contribution < -0.4 is 11.2 Å². The topological polar surface area (TPSA) is 88.9 Å². The Morgan fingerprint density at radius 3 is 2.42 bits per heavy atom. The summed E-state index contributed by atoms with van der Waals surface area (Å²) >= 11 is 0. The minimum absolute atomic E-state index is 0.0203. The second-order valence-corrected chi connectivity index (χ2v) is 7.43. The van der Waals surface area contributed by atoms with Crippen molar-refractivity contribution in [3.05, 3.63) is 73.9 Å². The fourth-order valence-electron chi connectivity index (χ4n) is 3.66. The summed E-state index contributed by atoms with van der Waals surface area (Å²) in [6.07, 6.45) is 0. The van der Waals surface area contributed by atoms with Gasteiger partial charge in [0.1, 0.15) is 5.82 Å². The molecule has 3 heterocycles. The van der Waals surface area contributed by atoms with Gasteiger partial charge in [0.25, 0.3) is 5.56 Å². The summed E-state index contributed by atoms with van der Waals surface area (Å²) in [5, 5.41) is 4.49. The van der Waals surface area contributed by atoms with E-state index in [1.165, 1.54) is 16.7 Å². The first-order valence-electron chi connectivity index (χ1n) is 9.79. The highest BCUT2D eigenvalue weighted by molar-refractivity contribution is 5.72. The summed E-state index contributed by atoms with van der Waals surface area (Å²) in [4.78, 5) is 31.0. The van der Waals surface area contributed by atoms with Gasteiger partial charge in [0, 0.05) is 26.4 Å². The SMILES string of the molecule is COCCn1c(-n2nc(C)cc2C)nc2c1c(=O)n(Cc1ccc(F)cc1)c(=O)n2C. The summed E-state index contributed by atoms with van der Waals surface area (Å²) in [7, 11) is 3.15. The third-order valence-corrected chi connectivity index (χ3v) is 5.18. The fraction of sp³-hybridized carbons (Fsp3) is 0.333. The number of fused-ring (bicyclic) bond motifs is 1. The van der Waals surface area contributed by atoms with Gasteiger partial charge in [0.05, 0.1) is 18.8 Å². The minimum atomic E-state index is -0.502. The number of hydrogen-bond acceptors (Lipinski definition) is 5. The van der Waals surface area contributed by atoms with E-state index in [9.17, 15) is 14.0 Å². The third-order valence-electron chi connectivity index (χ3n) is 5.18. The standard InChI is InChI=1S/C21H23FN6O3/c1-13-11-14(2)28(24-13)20-23-18-17(26(20)9-10-31-4)19(29)27(21(30)25(18)3)12-15-5-7-16(22)8-6-15/h5-8,11H,9-10,12H2,1-4H3. The highest BCUT2D eigenvalue weighted by Gasteiger charge is 2.22. The predicted octanol–water partition coefficient (Wildman–Crippen LogP) is 1.53. The molecule has 0 aliphatic carbocycles. The Hall–Kier alpha value is -3.53. The van der Waals surface area contributed by atoms with Crippen LogP contribution >= 0.6 is 0 Å². The van der Waals surface area contributed by atoms with E-state index in [2.05, 4.69) is 10.1 Å². The molecule has 0 saturated heterocycles. The molecule has 3 aromatic heterocycles. The van der Waals surface area contributed by atoms with Crippen LogP contribution in [0.25, 0.3) is 17.1 Å². The Kier molecular flexibility index (Phi) is 5.32. The summed E-state index contributed by atoms with van der Waals surface area (Å²) in [6, 6.07) is 7.61. The molecule has 0 aliphatic rings. The lowest BCUT2D eigenvalue weighted by atomic mass is 10.2. The monoisotopic (exact) mass is 426 g/mol. The summed E-state index contributed by atoms with van der Waals surface area (Å²) in [5.74, 6) is 0.0518. The molecular weight excluding hydrogens is 403 g/mol. The fourth-order valence-corrected chi connectivity index (χ4v) is 3.66.